The van der Waals surface area contributed by atoms with Gasteiger partial charge in [0.05, 0.1) is 0 Å². The van der Waals surface area contributed by atoms with Crippen LogP contribution >= 0.6 is 0 Å². The van der Waals surface area contributed by atoms with Crippen LogP contribution in [0.4, 0.5) is 0 Å². The number of nitrogens with zero attached hydrogens (tertiary/aromatic N) is 1. The summed E-state index contributed by atoms with van der Waals surface area (Å²) in [5.74, 6) is 0.834. The molecule has 1 fully saturated rings. The van der Waals surface area contributed by atoms with Gasteiger partial charge in [0.2, 0.25) is 0 Å². The Morgan fingerprint density at radius 2 is 1.94 bits per heavy atom. The van der Waals surface area contributed by atoms with Crippen LogP contribution in [0.5, 0.6) is 0 Å². The van der Waals surface area contributed by atoms with Gasteiger partial charge in [-0.1, -0.05) is 44.2 Å². The van der Waals surface area contributed by atoms with E-state index in [1.165, 1.54) is 24.9 Å². The largest absolute Gasteiger partial charge is 0.314 e. The molecule has 2 rings (SSSR count). The normalized spacial score (nSPS) is 23.4. The SMILES string of the molecule is CC(C)NCC1CCC1N(C)Cc1ccccc1. The van der Waals surface area contributed by atoms with E-state index < -0.39 is 0 Å². The summed E-state index contributed by atoms with van der Waals surface area (Å²) in [6, 6.07) is 12.1. The molecule has 2 unspecified atom stereocenters. The molecule has 0 radical (unpaired) electrons. The highest BCUT2D eigenvalue weighted by Gasteiger charge is 2.33. The molecule has 1 aromatic rings. The predicted molar refractivity (Wildman–Crippen MR) is 77.6 cm³/mol. The molecule has 0 heterocycles. The Kier molecular flexibility index (Phi) is 4.79. The number of rotatable bonds is 6. The number of nitrogens with one attached hydrogen (secondary N) is 1. The average Bonchev–Trinajstić information content (AvgIpc) is 2.28. The Morgan fingerprint density at radius 3 is 2.50 bits per heavy atom. The number of hydrogen-bond donors (Lipinski definition) is 1. The van der Waals surface area contributed by atoms with Gasteiger partial charge in [-0.2, -0.15) is 0 Å². The fourth-order valence-corrected chi connectivity index (χ4v) is 2.75. The van der Waals surface area contributed by atoms with E-state index in [-0.39, 0.29) is 0 Å². The van der Waals surface area contributed by atoms with Gasteiger partial charge in [0.15, 0.2) is 0 Å². The number of benzene rings is 1. The molecule has 100 valence electrons. The minimum Gasteiger partial charge on any atom is -0.314 e. The fraction of sp³-hybridized carbons (Fsp3) is 0.625. The van der Waals surface area contributed by atoms with E-state index >= 15 is 0 Å². The van der Waals surface area contributed by atoms with Crippen molar-refractivity contribution < 1.29 is 0 Å². The van der Waals surface area contributed by atoms with Crippen molar-refractivity contribution in [2.24, 2.45) is 5.92 Å². The van der Waals surface area contributed by atoms with Crippen molar-refractivity contribution >= 4 is 0 Å². The highest BCUT2D eigenvalue weighted by molar-refractivity contribution is 5.14. The standard InChI is InChI=1S/C16H26N2/c1-13(2)17-11-15-9-10-16(15)18(3)12-14-7-5-4-6-8-14/h4-8,13,15-17H,9-12H2,1-3H3. The molecule has 2 atom stereocenters. The van der Waals surface area contributed by atoms with Crippen molar-refractivity contribution in [3.8, 4) is 0 Å². The molecule has 2 nitrogen and oxygen atoms in total. The first kappa shape index (κ1) is 13.6. The molecule has 1 saturated carbocycles. The third-order valence-electron chi connectivity index (χ3n) is 4.01. The van der Waals surface area contributed by atoms with Gasteiger partial charge in [0, 0.05) is 18.6 Å². The fourth-order valence-electron chi connectivity index (χ4n) is 2.75. The maximum Gasteiger partial charge on any atom is 0.0233 e. The maximum atomic E-state index is 3.57. The summed E-state index contributed by atoms with van der Waals surface area (Å²) in [5, 5.41) is 3.57. The van der Waals surface area contributed by atoms with Crippen LogP contribution in [0.3, 0.4) is 0 Å². The zero-order valence-corrected chi connectivity index (χ0v) is 11.9. The molecule has 0 amide bonds. The molecule has 0 bridgehead atoms. The second-order valence-electron chi connectivity index (χ2n) is 5.87. The van der Waals surface area contributed by atoms with Crippen LogP contribution in [0, 0.1) is 5.92 Å². The Bertz CT molecular complexity index is 347. The molecule has 0 spiro atoms. The molecule has 0 aliphatic heterocycles. The highest BCUT2D eigenvalue weighted by atomic mass is 15.1. The lowest BCUT2D eigenvalue weighted by atomic mass is 9.78. The zero-order valence-electron chi connectivity index (χ0n) is 11.9. The molecule has 0 aromatic heterocycles. The van der Waals surface area contributed by atoms with Crippen molar-refractivity contribution in [3.05, 3.63) is 35.9 Å². The van der Waals surface area contributed by atoms with Crippen LogP contribution in [0.2, 0.25) is 0 Å². The van der Waals surface area contributed by atoms with Gasteiger partial charge in [0.25, 0.3) is 0 Å². The minimum atomic E-state index is 0.602. The van der Waals surface area contributed by atoms with E-state index in [9.17, 15) is 0 Å². The second kappa shape index (κ2) is 6.35. The van der Waals surface area contributed by atoms with Gasteiger partial charge in [0.1, 0.15) is 0 Å². The lowest BCUT2D eigenvalue weighted by Gasteiger charge is -2.43. The van der Waals surface area contributed by atoms with E-state index in [1.807, 2.05) is 0 Å². The summed E-state index contributed by atoms with van der Waals surface area (Å²) in [4.78, 5) is 2.52. The Morgan fingerprint density at radius 1 is 1.22 bits per heavy atom. The van der Waals surface area contributed by atoms with Crippen LogP contribution in [-0.2, 0) is 6.54 Å². The van der Waals surface area contributed by atoms with Crippen molar-refractivity contribution in [1.29, 1.82) is 0 Å². The van der Waals surface area contributed by atoms with E-state index in [4.69, 9.17) is 0 Å². The summed E-state index contributed by atoms with van der Waals surface area (Å²) in [6.07, 6.45) is 2.73. The van der Waals surface area contributed by atoms with E-state index in [1.54, 1.807) is 0 Å². The second-order valence-corrected chi connectivity index (χ2v) is 5.87. The van der Waals surface area contributed by atoms with Gasteiger partial charge in [-0.3, -0.25) is 4.90 Å². The summed E-state index contributed by atoms with van der Waals surface area (Å²) in [6.45, 7) is 6.69. The average molecular weight is 246 g/mol. The third kappa shape index (κ3) is 3.56. The topological polar surface area (TPSA) is 15.3 Å². The third-order valence-corrected chi connectivity index (χ3v) is 4.01. The van der Waals surface area contributed by atoms with Crippen LogP contribution in [0.25, 0.3) is 0 Å². The lowest BCUT2D eigenvalue weighted by molar-refractivity contribution is 0.0768. The van der Waals surface area contributed by atoms with Gasteiger partial charge >= 0.3 is 0 Å². The first-order valence-electron chi connectivity index (χ1n) is 7.14. The smallest absolute Gasteiger partial charge is 0.0233 e. The Labute approximate surface area is 111 Å². The van der Waals surface area contributed by atoms with Crippen LogP contribution < -0.4 is 5.32 Å². The quantitative estimate of drug-likeness (QED) is 0.830. The van der Waals surface area contributed by atoms with Gasteiger partial charge in [-0.25, -0.2) is 0 Å². The molecule has 1 N–H and O–H groups in total. The summed E-state index contributed by atoms with van der Waals surface area (Å²) >= 11 is 0. The van der Waals surface area contributed by atoms with Gasteiger partial charge in [-0.05, 0) is 37.9 Å². The van der Waals surface area contributed by atoms with Crippen LogP contribution in [-0.4, -0.2) is 30.6 Å². The number of hydrogen-bond acceptors (Lipinski definition) is 2. The van der Waals surface area contributed by atoms with Gasteiger partial charge < -0.3 is 5.32 Å². The molecule has 1 aliphatic rings. The van der Waals surface area contributed by atoms with Crippen molar-refractivity contribution in [2.75, 3.05) is 13.6 Å². The molecular formula is C16H26N2. The van der Waals surface area contributed by atoms with E-state index in [2.05, 4.69) is 61.4 Å². The summed E-state index contributed by atoms with van der Waals surface area (Å²) in [5.41, 5.74) is 1.42. The van der Waals surface area contributed by atoms with Crippen molar-refractivity contribution in [3.63, 3.8) is 0 Å². The Hall–Kier alpha value is -0.860. The van der Waals surface area contributed by atoms with Crippen LogP contribution in [0.15, 0.2) is 30.3 Å². The predicted octanol–water partition coefficient (Wildman–Crippen LogP) is 2.90. The van der Waals surface area contributed by atoms with Gasteiger partial charge in [-0.15, -0.1) is 0 Å². The molecule has 1 aromatic carbocycles. The molecule has 18 heavy (non-hydrogen) atoms. The van der Waals surface area contributed by atoms with Crippen molar-refractivity contribution in [1.82, 2.24) is 10.2 Å². The zero-order chi connectivity index (χ0) is 13.0. The Balaban J connectivity index is 1.80. The minimum absolute atomic E-state index is 0.602. The molecule has 0 saturated heterocycles. The monoisotopic (exact) mass is 246 g/mol. The highest BCUT2D eigenvalue weighted by Crippen LogP contribution is 2.31. The first-order valence-corrected chi connectivity index (χ1v) is 7.14. The summed E-state index contributed by atoms with van der Waals surface area (Å²) in [7, 11) is 2.26. The maximum absolute atomic E-state index is 3.57. The molecule has 2 heteroatoms. The molecule has 1 aliphatic carbocycles. The molecular weight excluding hydrogens is 220 g/mol. The lowest BCUT2D eigenvalue weighted by Crippen LogP contribution is -2.49. The van der Waals surface area contributed by atoms with E-state index in [0.29, 0.717) is 6.04 Å². The van der Waals surface area contributed by atoms with E-state index in [0.717, 1.165) is 18.5 Å². The first-order chi connectivity index (χ1) is 8.66. The summed E-state index contributed by atoms with van der Waals surface area (Å²) < 4.78 is 0. The van der Waals surface area contributed by atoms with Crippen molar-refractivity contribution in [2.45, 2.75) is 45.3 Å². The van der Waals surface area contributed by atoms with Crippen LogP contribution in [0.1, 0.15) is 32.3 Å².